The summed E-state index contributed by atoms with van der Waals surface area (Å²) in [5.74, 6) is 2.72. The maximum absolute atomic E-state index is 12.6. The fraction of sp³-hybridized carbons (Fsp3) is 0.167. The lowest BCUT2D eigenvalue weighted by molar-refractivity contribution is 0.415. The molecule has 5 aromatic rings. The van der Waals surface area contributed by atoms with Crippen LogP contribution < -0.4 is 10.3 Å². The van der Waals surface area contributed by atoms with Gasteiger partial charge in [0.15, 0.2) is 11.0 Å². The number of aryl methyl sites for hydroxylation is 1. The molecule has 33 heavy (non-hydrogen) atoms. The molecule has 0 atom stereocenters. The summed E-state index contributed by atoms with van der Waals surface area (Å²) in [7, 11) is 1.63. The minimum absolute atomic E-state index is 0.0946. The minimum Gasteiger partial charge on any atom is -0.497 e. The highest BCUT2D eigenvalue weighted by atomic mass is 32.2. The maximum atomic E-state index is 12.6. The van der Waals surface area contributed by atoms with E-state index in [1.807, 2.05) is 66.1 Å². The van der Waals surface area contributed by atoms with Gasteiger partial charge in [0.05, 0.1) is 25.6 Å². The summed E-state index contributed by atoms with van der Waals surface area (Å²) in [4.78, 5) is 17.3. The molecule has 0 N–H and O–H groups in total. The second-order valence-electron chi connectivity index (χ2n) is 7.44. The predicted molar refractivity (Wildman–Crippen MR) is 126 cm³/mol. The number of pyridine rings is 1. The largest absolute Gasteiger partial charge is 0.497 e. The molecule has 166 valence electrons. The highest BCUT2D eigenvalue weighted by Gasteiger charge is 2.17. The summed E-state index contributed by atoms with van der Waals surface area (Å²) in [5, 5.41) is 9.57. The number of aromatic nitrogens is 5. The minimum atomic E-state index is -0.0946. The molecule has 4 aromatic heterocycles. The molecule has 0 aliphatic heterocycles. The van der Waals surface area contributed by atoms with E-state index in [2.05, 4.69) is 15.2 Å². The smallest absolute Gasteiger partial charge is 0.258 e. The van der Waals surface area contributed by atoms with E-state index in [0.717, 1.165) is 22.8 Å². The molecule has 0 amide bonds. The first-order valence-electron chi connectivity index (χ1n) is 10.3. The second kappa shape index (κ2) is 8.95. The highest BCUT2D eigenvalue weighted by Crippen LogP contribution is 2.29. The quantitative estimate of drug-likeness (QED) is 0.337. The van der Waals surface area contributed by atoms with Gasteiger partial charge in [-0.25, -0.2) is 4.98 Å². The lowest BCUT2D eigenvalue weighted by Gasteiger charge is -2.10. The monoisotopic (exact) mass is 459 g/mol. The molecule has 0 unspecified atom stereocenters. The van der Waals surface area contributed by atoms with Crippen molar-refractivity contribution in [2.45, 2.75) is 24.4 Å². The third-order valence-electron chi connectivity index (χ3n) is 5.22. The Morgan fingerprint density at radius 3 is 2.76 bits per heavy atom. The summed E-state index contributed by atoms with van der Waals surface area (Å²) in [6, 6.07) is 18.7. The van der Waals surface area contributed by atoms with Gasteiger partial charge in [-0.05, 0) is 43.3 Å². The third kappa shape index (κ3) is 4.27. The van der Waals surface area contributed by atoms with Crippen molar-refractivity contribution in [2.75, 3.05) is 7.11 Å². The Kier molecular flexibility index (Phi) is 5.70. The Morgan fingerprint density at radius 1 is 1.06 bits per heavy atom. The van der Waals surface area contributed by atoms with Gasteiger partial charge in [0, 0.05) is 23.1 Å². The van der Waals surface area contributed by atoms with Gasteiger partial charge in [-0.15, -0.1) is 10.2 Å². The number of thioether (sulfide) groups is 1. The summed E-state index contributed by atoms with van der Waals surface area (Å²) in [5.41, 5.74) is 2.96. The molecule has 8 nitrogen and oxygen atoms in total. The molecule has 1 aromatic carbocycles. The summed E-state index contributed by atoms with van der Waals surface area (Å²) in [6.07, 6.45) is 1.64. The van der Waals surface area contributed by atoms with Gasteiger partial charge in [0.2, 0.25) is 0 Å². The van der Waals surface area contributed by atoms with E-state index in [9.17, 15) is 4.79 Å². The number of nitrogens with zero attached hydrogens (tertiary/aromatic N) is 5. The zero-order valence-electron chi connectivity index (χ0n) is 18.1. The van der Waals surface area contributed by atoms with Crippen molar-refractivity contribution in [1.82, 2.24) is 24.1 Å². The SMILES string of the molecule is COc1cccc(-c2nnc(SCc3cc(=O)n4c(C)cccc4n3)n2Cc2ccco2)c1. The van der Waals surface area contributed by atoms with Crippen LogP contribution in [0.2, 0.25) is 0 Å². The second-order valence-corrected chi connectivity index (χ2v) is 8.38. The number of fused-ring (bicyclic) bond motifs is 1. The van der Waals surface area contributed by atoms with Gasteiger partial charge in [-0.3, -0.25) is 13.8 Å². The predicted octanol–water partition coefficient (Wildman–Crippen LogP) is 4.20. The van der Waals surface area contributed by atoms with E-state index < -0.39 is 0 Å². The van der Waals surface area contributed by atoms with E-state index in [-0.39, 0.29) is 5.56 Å². The molecule has 4 heterocycles. The number of rotatable bonds is 7. The lowest BCUT2D eigenvalue weighted by atomic mass is 10.2. The molecule has 0 aliphatic rings. The fourth-order valence-corrected chi connectivity index (χ4v) is 4.48. The average Bonchev–Trinajstić information content (AvgIpc) is 3.48. The number of hydrogen-bond acceptors (Lipinski definition) is 7. The molecule has 0 bridgehead atoms. The zero-order chi connectivity index (χ0) is 22.8. The standard InChI is InChI=1S/C24H21N5O3S/c1-16-6-3-10-21-25-18(13-22(30)29(16)21)15-33-24-27-26-23(17-7-4-8-19(12-17)31-2)28(24)14-20-9-5-11-32-20/h3-13H,14-15H2,1-2H3. The topological polar surface area (TPSA) is 87.5 Å². The molecule has 0 radical (unpaired) electrons. The van der Waals surface area contributed by atoms with Crippen LogP contribution in [0.5, 0.6) is 5.75 Å². The van der Waals surface area contributed by atoms with Crippen LogP contribution in [0, 0.1) is 6.92 Å². The van der Waals surface area contributed by atoms with Crippen molar-refractivity contribution in [3.05, 3.63) is 94.4 Å². The molecule has 0 saturated heterocycles. The number of furan rings is 1. The Hall–Kier alpha value is -3.85. The lowest BCUT2D eigenvalue weighted by Crippen LogP contribution is -2.17. The van der Waals surface area contributed by atoms with Crippen molar-refractivity contribution in [3.63, 3.8) is 0 Å². The number of methoxy groups -OCH3 is 1. The summed E-state index contributed by atoms with van der Waals surface area (Å²) >= 11 is 1.47. The molecule has 9 heteroatoms. The van der Waals surface area contributed by atoms with Crippen molar-refractivity contribution in [1.29, 1.82) is 0 Å². The van der Waals surface area contributed by atoms with Crippen molar-refractivity contribution >= 4 is 17.4 Å². The van der Waals surface area contributed by atoms with Crippen LogP contribution in [-0.2, 0) is 12.3 Å². The Bertz CT molecular complexity index is 1470. The van der Waals surface area contributed by atoms with Crippen LogP contribution in [0.4, 0.5) is 0 Å². The van der Waals surface area contributed by atoms with Crippen molar-refractivity contribution in [3.8, 4) is 17.1 Å². The van der Waals surface area contributed by atoms with E-state index >= 15 is 0 Å². The Morgan fingerprint density at radius 2 is 1.94 bits per heavy atom. The van der Waals surface area contributed by atoms with Gasteiger partial charge in [0.25, 0.3) is 5.56 Å². The van der Waals surface area contributed by atoms with Gasteiger partial charge in [-0.2, -0.15) is 0 Å². The normalized spacial score (nSPS) is 11.2. The van der Waals surface area contributed by atoms with E-state index in [0.29, 0.717) is 34.6 Å². The van der Waals surface area contributed by atoms with E-state index in [4.69, 9.17) is 9.15 Å². The van der Waals surface area contributed by atoms with Gasteiger partial charge in [-0.1, -0.05) is 30.0 Å². The molecular formula is C24H21N5O3S. The Labute approximate surface area is 193 Å². The Balaban J connectivity index is 1.48. The van der Waals surface area contributed by atoms with Gasteiger partial charge < -0.3 is 9.15 Å². The maximum Gasteiger partial charge on any atom is 0.258 e. The first-order valence-corrected chi connectivity index (χ1v) is 11.3. The average molecular weight is 460 g/mol. The fourth-order valence-electron chi connectivity index (χ4n) is 3.65. The van der Waals surface area contributed by atoms with Crippen molar-refractivity contribution in [2.24, 2.45) is 0 Å². The van der Waals surface area contributed by atoms with Crippen LogP contribution in [0.3, 0.4) is 0 Å². The first kappa shape index (κ1) is 21.0. The molecular weight excluding hydrogens is 438 g/mol. The number of ether oxygens (including phenoxy) is 1. The van der Waals surface area contributed by atoms with Crippen LogP contribution in [0.1, 0.15) is 17.1 Å². The molecule has 5 rings (SSSR count). The zero-order valence-corrected chi connectivity index (χ0v) is 19.0. The molecule has 0 saturated carbocycles. The van der Waals surface area contributed by atoms with Crippen LogP contribution >= 0.6 is 11.8 Å². The van der Waals surface area contributed by atoms with Crippen molar-refractivity contribution < 1.29 is 9.15 Å². The van der Waals surface area contributed by atoms with E-state index in [1.165, 1.54) is 11.8 Å². The molecule has 0 spiro atoms. The van der Waals surface area contributed by atoms with E-state index in [1.54, 1.807) is 23.8 Å². The van der Waals surface area contributed by atoms with Crippen LogP contribution in [0.15, 0.2) is 81.3 Å². The number of hydrogen-bond donors (Lipinski definition) is 0. The van der Waals surface area contributed by atoms with Crippen LogP contribution in [-0.4, -0.2) is 31.3 Å². The van der Waals surface area contributed by atoms with Crippen LogP contribution in [0.25, 0.3) is 17.0 Å². The van der Waals surface area contributed by atoms with Gasteiger partial charge in [0.1, 0.15) is 17.2 Å². The number of benzene rings is 1. The first-order chi connectivity index (χ1) is 16.1. The highest BCUT2D eigenvalue weighted by molar-refractivity contribution is 7.98. The molecule has 0 aliphatic carbocycles. The third-order valence-corrected chi connectivity index (χ3v) is 6.22. The molecule has 0 fully saturated rings. The van der Waals surface area contributed by atoms with Gasteiger partial charge >= 0.3 is 0 Å². The summed E-state index contributed by atoms with van der Waals surface area (Å²) in [6.45, 7) is 2.36. The summed E-state index contributed by atoms with van der Waals surface area (Å²) < 4.78 is 14.5.